The molecule has 0 spiro atoms. The lowest BCUT2D eigenvalue weighted by molar-refractivity contribution is -0.131. The van der Waals surface area contributed by atoms with Crippen LogP contribution in [-0.4, -0.2) is 59.2 Å². The van der Waals surface area contributed by atoms with Gasteiger partial charge in [0.1, 0.15) is 0 Å². The minimum atomic E-state index is -0.783. The van der Waals surface area contributed by atoms with Crippen LogP contribution in [0.1, 0.15) is 26.7 Å². The van der Waals surface area contributed by atoms with Crippen molar-refractivity contribution in [1.29, 1.82) is 0 Å². The zero-order valence-corrected chi connectivity index (χ0v) is 11.8. The van der Waals surface area contributed by atoms with Crippen LogP contribution in [0.5, 0.6) is 0 Å². The number of nitrogens with zero attached hydrogens (tertiary/aromatic N) is 1. The molecule has 2 atom stereocenters. The van der Waals surface area contributed by atoms with Crippen molar-refractivity contribution in [3.63, 3.8) is 0 Å². The van der Waals surface area contributed by atoms with E-state index >= 15 is 0 Å². The van der Waals surface area contributed by atoms with Crippen LogP contribution < -0.4 is 5.32 Å². The van der Waals surface area contributed by atoms with Crippen molar-refractivity contribution in [1.82, 2.24) is 10.2 Å². The number of rotatable bonds is 7. The lowest BCUT2D eigenvalue weighted by atomic mass is 10.1. The van der Waals surface area contributed by atoms with Gasteiger partial charge in [0.2, 0.25) is 5.91 Å². The van der Waals surface area contributed by atoms with Gasteiger partial charge in [0.15, 0.2) is 0 Å². The highest BCUT2D eigenvalue weighted by Crippen LogP contribution is 2.18. The summed E-state index contributed by atoms with van der Waals surface area (Å²) in [5, 5.41) is 13.4. The van der Waals surface area contributed by atoms with Crippen LogP contribution in [0, 0.1) is 0 Å². The quantitative estimate of drug-likeness (QED) is 0.707. The van der Waals surface area contributed by atoms with Crippen LogP contribution in [0.15, 0.2) is 0 Å². The molecule has 0 aromatic rings. The number of nitrogens with one attached hydrogen (secondary N) is 1. The fourth-order valence-corrected chi connectivity index (χ4v) is 2.88. The highest BCUT2D eigenvalue weighted by atomic mass is 32.2. The number of hydrogen-bond donors (Lipinski definition) is 2. The summed E-state index contributed by atoms with van der Waals surface area (Å²) in [4.78, 5) is 13.8. The number of thioether (sulfide) groups is 1. The smallest absolute Gasteiger partial charge is 0.239 e. The number of carbonyl (C=O) groups is 1. The molecule has 17 heavy (non-hydrogen) atoms. The Labute approximate surface area is 108 Å². The van der Waals surface area contributed by atoms with Gasteiger partial charge in [-0.25, -0.2) is 0 Å². The van der Waals surface area contributed by atoms with Crippen molar-refractivity contribution in [3.8, 4) is 0 Å². The largest absolute Gasteiger partial charge is 0.387 e. The first-order chi connectivity index (χ1) is 8.00. The van der Waals surface area contributed by atoms with E-state index in [1.807, 2.05) is 6.26 Å². The number of hydrogen-bond acceptors (Lipinski definition) is 4. The first-order valence-electron chi connectivity index (χ1n) is 6.23. The number of amides is 1. The fourth-order valence-electron chi connectivity index (χ4n) is 2.17. The molecule has 0 aromatic carbocycles. The van der Waals surface area contributed by atoms with E-state index in [4.69, 9.17) is 0 Å². The summed E-state index contributed by atoms with van der Waals surface area (Å²) < 4.78 is 0. The fraction of sp³-hybridized carbons (Fsp3) is 0.917. The number of carbonyl (C=O) groups excluding carboxylic acids is 1. The molecule has 1 heterocycles. The van der Waals surface area contributed by atoms with E-state index in [0.29, 0.717) is 12.3 Å². The zero-order valence-electron chi connectivity index (χ0n) is 11.0. The van der Waals surface area contributed by atoms with Crippen LogP contribution in [0.25, 0.3) is 0 Å². The Kier molecular flexibility index (Phi) is 5.76. The third-order valence-corrected chi connectivity index (χ3v) is 3.84. The van der Waals surface area contributed by atoms with Gasteiger partial charge in [-0.15, -0.1) is 0 Å². The maximum atomic E-state index is 12.0. The molecule has 1 aliphatic heterocycles. The molecule has 1 amide bonds. The lowest BCUT2D eigenvalue weighted by Gasteiger charge is -2.28. The molecule has 0 aromatic heterocycles. The van der Waals surface area contributed by atoms with E-state index in [9.17, 15) is 9.90 Å². The Morgan fingerprint density at radius 1 is 1.65 bits per heavy atom. The molecule has 4 nitrogen and oxygen atoms in total. The van der Waals surface area contributed by atoms with Gasteiger partial charge in [0.05, 0.1) is 11.6 Å². The van der Waals surface area contributed by atoms with Gasteiger partial charge in [-0.2, -0.15) is 11.8 Å². The highest BCUT2D eigenvalue weighted by molar-refractivity contribution is 7.98. The minimum Gasteiger partial charge on any atom is -0.387 e. The summed E-state index contributed by atoms with van der Waals surface area (Å²) >= 11 is 1.60. The van der Waals surface area contributed by atoms with Crippen LogP contribution in [0.2, 0.25) is 0 Å². The zero-order chi connectivity index (χ0) is 12.9. The number of β-amino-alcohol motifs (C(OH)–C–C–N with tert-alkyl or cyclic N) is 1. The predicted molar refractivity (Wildman–Crippen MR) is 72.3 cm³/mol. The molecular weight excluding hydrogens is 236 g/mol. The molecule has 1 fully saturated rings. The molecule has 0 saturated carbocycles. The third kappa shape index (κ3) is 4.48. The van der Waals surface area contributed by atoms with E-state index < -0.39 is 5.60 Å². The van der Waals surface area contributed by atoms with Crippen LogP contribution in [0.3, 0.4) is 0 Å². The van der Waals surface area contributed by atoms with Gasteiger partial charge >= 0.3 is 0 Å². The molecule has 5 heteroatoms. The molecule has 0 bridgehead atoms. The molecule has 1 saturated heterocycles. The molecule has 2 N–H and O–H groups in total. The van der Waals surface area contributed by atoms with Crippen molar-refractivity contribution in [2.75, 3.05) is 31.6 Å². The van der Waals surface area contributed by atoms with E-state index in [1.165, 1.54) is 0 Å². The van der Waals surface area contributed by atoms with E-state index in [-0.39, 0.29) is 11.9 Å². The lowest BCUT2D eigenvalue weighted by Crippen LogP contribution is -2.46. The average molecular weight is 260 g/mol. The average Bonchev–Trinajstić information content (AvgIpc) is 2.57. The SMILES string of the molecule is CCCNC1CCN(CC(C)(O)CSC)C1=O. The normalized spacial score (nSPS) is 24.1. The number of aliphatic hydroxyl groups is 1. The van der Waals surface area contributed by atoms with Gasteiger partial charge in [-0.1, -0.05) is 6.92 Å². The molecule has 0 aliphatic carbocycles. The summed E-state index contributed by atoms with van der Waals surface area (Å²) in [6, 6.07) is -0.0416. The van der Waals surface area contributed by atoms with Crippen LogP contribution in [0.4, 0.5) is 0 Å². The Hall–Kier alpha value is -0.260. The predicted octanol–water partition coefficient (Wildman–Crippen LogP) is 0.701. The molecule has 1 rings (SSSR count). The van der Waals surface area contributed by atoms with Crippen molar-refractivity contribution < 1.29 is 9.90 Å². The molecule has 0 radical (unpaired) electrons. The Bertz CT molecular complexity index is 259. The number of likely N-dealkylation sites (tertiary alicyclic amines) is 1. The Morgan fingerprint density at radius 3 is 2.94 bits per heavy atom. The maximum absolute atomic E-state index is 12.0. The first kappa shape index (κ1) is 14.8. The van der Waals surface area contributed by atoms with Crippen LogP contribution >= 0.6 is 11.8 Å². The van der Waals surface area contributed by atoms with Crippen molar-refractivity contribution >= 4 is 17.7 Å². The van der Waals surface area contributed by atoms with Gasteiger partial charge in [-0.05, 0) is 32.6 Å². The van der Waals surface area contributed by atoms with Crippen molar-refractivity contribution in [2.24, 2.45) is 0 Å². The second-order valence-electron chi connectivity index (χ2n) is 4.99. The van der Waals surface area contributed by atoms with Gasteiger partial charge < -0.3 is 15.3 Å². The summed E-state index contributed by atoms with van der Waals surface area (Å²) in [5.41, 5.74) is -0.783. The summed E-state index contributed by atoms with van der Waals surface area (Å²) in [6.45, 7) is 5.96. The summed E-state index contributed by atoms with van der Waals surface area (Å²) in [5.74, 6) is 0.795. The monoisotopic (exact) mass is 260 g/mol. The first-order valence-corrected chi connectivity index (χ1v) is 7.63. The molecule has 100 valence electrons. The molecular formula is C12H24N2O2S. The van der Waals surface area contributed by atoms with Gasteiger partial charge in [0, 0.05) is 18.8 Å². The third-order valence-electron chi connectivity index (χ3n) is 2.92. The van der Waals surface area contributed by atoms with Crippen molar-refractivity contribution in [2.45, 2.75) is 38.3 Å². The minimum absolute atomic E-state index is 0.0416. The standard InChI is InChI=1S/C12H24N2O2S/c1-4-6-13-10-5-7-14(11(10)15)8-12(2,16)9-17-3/h10,13,16H,4-9H2,1-3H3. The van der Waals surface area contributed by atoms with E-state index in [2.05, 4.69) is 12.2 Å². The summed E-state index contributed by atoms with van der Waals surface area (Å²) in [7, 11) is 0. The molecule has 1 aliphatic rings. The Balaban J connectivity index is 2.44. The van der Waals surface area contributed by atoms with Gasteiger partial charge in [0.25, 0.3) is 0 Å². The maximum Gasteiger partial charge on any atom is 0.239 e. The second-order valence-corrected chi connectivity index (χ2v) is 5.85. The van der Waals surface area contributed by atoms with E-state index in [0.717, 1.165) is 25.9 Å². The van der Waals surface area contributed by atoms with Gasteiger partial charge in [-0.3, -0.25) is 4.79 Å². The van der Waals surface area contributed by atoms with Crippen LogP contribution in [-0.2, 0) is 4.79 Å². The highest BCUT2D eigenvalue weighted by Gasteiger charge is 2.34. The molecule has 2 unspecified atom stereocenters. The van der Waals surface area contributed by atoms with E-state index in [1.54, 1.807) is 23.6 Å². The second kappa shape index (κ2) is 6.61. The Morgan fingerprint density at radius 2 is 2.35 bits per heavy atom. The summed E-state index contributed by atoms with van der Waals surface area (Å²) in [6.07, 6.45) is 3.86. The van der Waals surface area contributed by atoms with Crippen molar-refractivity contribution in [3.05, 3.63) is 0 Å². The topological polar surface area (TPSA) is 52.6 Å².